The van der Waals surface area contributed by atoms with E-state index in [4.69, 9.17) is 34.8 Å². The summed E-state index contributed by atoms with van der Waals surface area (Å²) in [6.45, 7) is 0. The van der Waals surface area contributed by atoms with E-state index < -0.39 is 0 Å². The number of aromatic nitrogens is 4. The monoisotopic (exact) mass is 413 g/mol. The van der Waals surface area contributed by atoms with E-state index in [0.29, 0.717) is 25.9 Å². The van der Waals surface area contributed by atoms with Crippen LogP contribution in [0.3, 0.4) is 0 Å². The van der Waals surface area contributed by atoms with E-state index in [1.54, 1.807) is 42.5 Å². The van der Waals surface area contributed by atoms with Gasteiger partial charge >= 0.3 is 0 Å². The molecule has 0 aliphatic carbocycles. The van der Waals surface area contributed by atoms with Crippen molar-refractivity contribution in [3.8, 4) is 5.69 Å². The van der Waals surface area contributed by atoms with Crippen LogP contribution in [-0.4, -0.2) is 31.9 Å². The fourth-order valence-corrected chi connectivity index (χ4v) is 3.31. The maximum Gasteiger partial charge on any atom is 0.234 e. The highest BCUT2D eigenvalue weighted by molar-refractivity contribution is 7.99. The number of carbonyl (C=O) groups is 1. The van der Waals surface area contributed by atoms with Crippen molar-refractivity contribution in [2.45, 2.75) is 5.16 Å². The zero-order valence-corrected chi connectivity index (χ0v) is 15.6. The van der Waals surface area contributed by atoms with Crippen LogP contribution < -0.4 is 5.32 Å². The molecule has 6 nitrogen and oxygen atoms in total. The number of nitrogens with zero attached hydrogens (tertiary/aromatic N) is 4. The third kappa shape index (κ3) is 4.85. The molecule has 0 aliphatic rings. The number of thioether (sulfide) groups is 1. The van der Waals surface area contributed by atoms with E-state index in [9.17, 15) is 4.79 Å². The van der Waals surface area contributed by atoms with Crippen molar-refractivity contribution in [1.29, 1.82) is 0 Å². The van der Waals surface area contributed by atoms with Crippen LogP contribution in [0, 0.1) is 0 Å². The predicted molar refractivity (Wildman–Crippen MR) is 100.0 cm³/mol. The molecule has 1 N–H and O–H groups in total. The summed E-state index contributed by atoms with van der Waals surface area (Å²) in [4.78, 5) is 12.1. The van der Waals surface area contributed by atoms with E-state index >= 15 is 0 Å². The largest absolute Gasteiger partial charge is 0.325 e. The Bertz CT molecular complexity index is 880. The molecule has 1 aromatic heterocycles. The third-order valence-electron chi connectivity index (χ3n) is 2.99. The van der Waals surface area contributed by atoms with Gasteiger partial charge in [0.15, 0.2) is 0 Å². The number of hydrogen-bond donors (Lipinski definition) is 1. The molecule has 0 radical (unpaired) electrons. The Balaban J connectivity index is 1.65. The van der Waals surface area contributed by atoms with Crippen molar-refractivity contribution in [3.63, 3.8) is 0 Å². The van der Waals surface area contributed by atoms with Gasteiger partial charge in [0.1, 0.15) is 0 Å². The Morgan fingerprint density at radius 1 is 1.04 bits per heavy atom. The van der Waals surface area contributed by atoms with Crippen LogP contribution in [0.25, 0.3) is 5.69 Å². The van der Waals surface area contributed by atoms with E-state index in [1.165, 1.54) is 16.4 Å². The first-order chi connectivity index (χ1) is 12.0. The molecule has 10 heteroatoms. The number of hydrogen-bond acceptors (Lipinski definition) is 5. The van der Waals surface area contributed by atoms with Crippen LogP contribution >= 0.6 is 46.6 Å². The molecule has 1 heterocycles. The molecule has 25 heavy (non-hydrogen) atoms. The first kappa shape index (κ1) is 18.0. The van der Waals surface area contributed by atoms with Gasteiger partial charge in [0.05, 0.1) is 11.4 Å². The zero-order valence-electron chi connectivity index (χ0n) is 12.5. The van der Waals surface area contributed by atoms with Crippen LogP contribution in [0.5, 0.6) is 0 Å². The summed E-state index contributed by atoms with van der Waals surface area (Å²) >= 11 is 18.9. The smallest absolute Gasteiger partial charge is 0.234 e. The van der Waals surface area contributed by atoms with Gasteiger partial charge in [0.25, 0.3) is 0 Å². The summed E-state index contributed by atoms with van der Waals surface area (Å²) < 4.78 is 1.53. The predicted octanol–water partition coefficient (Wildman–Crippen LogP) is 4.35. The number of tetrazole rings is 1. The average molecular weight is 415 g/mol. The molecule has 0 saturated heterocycles. The Morgan fingerprint density at radius 2 is 1.72 bits per heavy atom. The highest BCUT2D eigenvalue weighted by atomic mass is 35.5. The number of halogens is 3. The SMILES string of the molecule is O=C(CSc1nnnn1-c1ccc(Cl)cc1)Nc1cc(Cl)cc(Cl)c1. The molecule has 128 valence electrons. The Morgan fingerprint density at radius 3 is 2.40 bits per heavy atom. The molecule has 0 saturated carbocycles. The quantitative estimate of drug-likeness (QED) is 0.628. The van der Waals surface area contributed by atoms with Gasteiger partial charge in [-0.25, -0.2) is 0 Å². The second-order valence-electron chi connectivity index (χ2n) is 4.84. The third-order valence-corrected chi connectivity index (χ3v) is 4.60. The van der Waals surface area contributed by atoms with Crippen LogP contribution in [-0.2, 0) is 4.79 Å². The minimum Gasteiger partial charge on any atom is -0.325 e. The molecule has 0 fully saturated rings. The summed E-state index contributed by atoms with van der Waals surface area (Å²) in [6, 6.07) is 11.9. The van der Waals surface area contributed by atoms with Gasteiger partial charge in [-0.3, -0.25) is 4.79 Å². The van der Waals surface area contributed by atoms with Gasteiger partial charge in [-0.05, 0) is 52.9 Å². The van der Waals surface area contributed by atoms with Gasteiger partial charge in [-0.15, -0.1) is 5.10 Å². The number of benzene rings is 2. The number of amides is 1. The molecule has 0 atom stereocenters. The maximum absolute atomic E-state index is 12.1. The number of anilines is 1. The van der Waals surface area contributed by atoms with Gasteiger partial charge < -0.3 is 5.32 Å². The Labute approximate surface area is 162 Å². The molecule has 3 aromatic rings. The number of rotatable bonds is 5. The highest BCUT2D eigenvalue weighted by Gasteiger charge is 2.12. The van der Waals surface area contributed by atoms with Crippen LogP contribution in [0.15, 0.2) is 47.6 Å². The number of nitrogens with one attached hydrogen (secondary N) is 1. The molecular formula is C15H10Cl3N5OS. The lowest BCUT2D eigenvalue weighted by Crippen LogP contribution is -2.14. The normalized spacial score (nSPS) is 10.7. The van der Waals surface area contributed by atoms with E-state index in [2.05, 4.69) is 20.8 Å². The van der Waals surface area contributed by atoms with Crippen molar-refractivity contribution < 1.29 is 4.79 Å². The van der Waals surface area contributed by atoms with Gasteiger partial charge in [-0.2, -0.15) is 4.68 Å². The zero-order chi connectivity index (χ0) is 17.8. The molecular weight excluding hydrogens is 405 g/mol. The van der Waals surface area contributed by atoms with E-state index in [0.717, 1.165) is 5.69 Å². The van der Waals surface area contributed by atoms with Crippen molar-refractivity contribution >= 4 is 58.2 Å². The lowest BCUT2D eigenvalue weighted by atomic mass is 10.3. The molecule has 3 rings (SSSR count). The Hall–Kier alpha value is -1.80. The van der Waals surface area contributed by atoms with E-state index in [1.807, 2.05) is 0 Å². The topological polar surface area (TPSA) is 72.7 Å². The van der Waals surface area contributed by atoms with Gasteiger partial charge in [0, 0.05) is 20.8 Å². The molecule has 0 bridgehead atoms. The summed E-state index contributed by atoms with van der Waals surface area (Å²) in [5.74, 6) is -0.105. The summed E-state index contributed by atoms with van der Waals surface area (Å²) in [5.41, 5.74) is 1.28. The molecule has 0 unspecified atom stereocenters. The summed E-state index contributed by atoms with van der Waals surface area (Å²) in [5, 5.41) is 16.2. The van der Waals surface area contributed by atoms with Crippen molar-refractivity contribution in [3.05, 3.63) is 57.5 Å². The first-order valence-electron chi connectivity index (χ1n) is 6.94. The fourth-order valence-electron chi connectivity index (χ4n) is 1.97. The molecule has 2 aromatic carbocycles. The van der Waals surface area contributed by atoms with Crippen molar-refractivity contribution in [2.75, 3.05) is 11.1 Å². The van der Waals surface area contributed by atoms with Crippen molar-refractivity contribution in [1.82, 2.24) is 20.2 Å². The minimum absolute atomic E-state index is 0.123. The minimum atomic E-state index is -0.228. The highest BCUT2D eigenvalue weighted by Crippen LogP contribution is 2.23. The maximum atomic E-state index is 12.1. The standard InChI is InChI=1S/C15H10Cl3N5OS/c16-9-1-3-13(4-2-9)23-15(20-21-22-23)25-8-14(24)19-12-6-10(17)5-11(18)7-12/h1-7H,8H2,(H,19,24). The molecule has 0 spiro atoms. The van der Waals surface area contributed by atoms with Gasteiger partial charge in [0.2, 0.25) is 11.1 Å². The van der Waals surface area contributed by atoms with Crippen LogP contribution in [0.2, 0.25) is 15.1 Å². The van der Waals surface area contributed by atoms with Crippen LogP contribution in [0.4, 0.5) is 5.69 Å². The van der Waals surface area contributed by atoms with Crippen LogP contribution in [0.1, 0.15) is 0 Å². The first-order valence-corrected chi connectivity index (χ1v) is 9.06. The molecule has 1 amide bonds. The lowest BCUT2D eigenvalue weighted by molar-refractivity contribution is -0.113. The summed E-state index contributed by atoms with van der Waals surface area (Å²) in [6.07, 6.45) is 0. The average Bonchev–Trinajstić information content (AvgIpc) is 3.01. The Kier molecular flexibility index (Phi) is 5.80. The summed E-state index contributed by atoms with van der Waals surface area (Å²) in [7, 11) is 0. The fraction of sp³-hybridized carbons (Fsp3) is 0.0667. The lowest BCUT2D eigenvalue weighted by Gasteiger charge is -2.07. The second-order valence-corrected chi connectivity index (χ2v) is 7.10. The van der Waals surface area contributed by atoms with Gasteiger partial charge in [-0.1, -0.05) is 46.6 Å². The second kappa shape index (κ2) is 8.05. The molecule has 0 aliphatic heterocycles. The number of carbonyl (C=O) groups excluding carboxylic acids is 1. The van der Waals surface area contributed by atoms with E-state index in [-0.39, 0.29) is 11.7 Å². The van der Waals surface area contributed by atoms with Crippen molar-refractivity contribution in [2.24, 2.45) is 0 Å².